The van der Waals surface area contributed by atoms with Gasteiger partial charge in [0.25, 0.3) is 15.7 Å². The van der Waals surface area contributed by atoms with Crippen LogP contribution in [-0.4, -0.2) is 29.2 Å². The number of nitrogens with zero attached hydrogens (tertiary/aromatic N) is 3. The second-order valence-corrected chi connectivity index (χ2v) is 7.24. The summed E-state index contributed by atoms with van der Waals surface area (Å²) in [6.45, 7) is 5.25. The van der Waals surface area contributed by atoms with Gasteiger partial charge in [-0.2, -0.15) is 4.31 Å². The van der Waals surface area contributed by atoms with Gasteiger partial charge in [0.1, 0.15) is 0 Å². The van der Waals surface area contributed by atoms with Gasteiger partial charge in [0.15, 0.2) is 4.90 Å². The van der Waals surface area contributed by atoms with Crippen LogP contribution in [-0.2, 0) is 16.6 Å². The van der Waals surface area contributed by atoms with Crippen LogP contribution in [0.5, 0.6) is 0 Å². The molecule has 0 saturated carbocycles. The quantitative estimate of drug-likeness (QED) is 0.590. The van der Waals surface area contributed by atoms with E-state index in [1.165, 1.54) is 10.4 Å². The lowest BCUT2D eigenvalue weighted by Crippen LogP contribution is -2.32. The van der Waals surface area contributed by atoms with Crippen LogP contribution >= 0.6 is 0 Å². The van der Waals surface area contributed by atoms with Crippen LogP contribution in [0.4, 0.5) is 5.69 Å². The lowest BCUT2D eigenvalue weighted by molar-refractivity contribution is -0.388. The first-order valence-corrected chi connectivity index (χ1v) is 8.87. The first-order valence-electron chi connectivity index (χ1n) is 7.43. The van der Waals surface area contributed by atoms with Crippen molar-refractivity contribution in [1.29, 1.82) is 0 Å². The van der Waals surface area contributed by atoms with Gasteiger partial charge in [-0.25, -0.2) is 8.42 Å². The first kappa shape index (κ1) is 18.0. The molecule has 0 saturated heterocycles. The van der Waals surface area contributed by atoms with Gasteiger partial charge >= 0.3 is 0 Å². The molecule has 8 heteroatoms. The third-order valence-electron chi connectivity index (χ3n) is 3.87. The van der Waals surface area contributed by atoms with E-state index in [2.05, 4.69) is 4.98 Å². The number of aryl methyl sites for hydroxylation is 1. The monoisotopic (exact) mass is 349 g/mol. The molecule has 1 aromatic heterocycles. The topological polar surface area (TPSA) is 93.4 Å². The third-order valence-corrected chi connectivity index (χ3v) is 5.97. The second kappa shape index (κ2) is 7.06. The summed E-state index contributed by atoms with van der Waals surface area (Å²) in [4.78, 5) is 14.5. The fourth-order valence-electron chi connectivity index (χ4n) is 2.41. The molecule has 7 nitrogen and oxygen atoms in total. The SMILES string of the molecule is CCN(Cc1ccccn1)S(=O)(=O)c1c([N+](=O)[O-])ccc(C)c1C. The normalized spacial score (nSPS) is 11.7. The Kier molecular flexibility index (Phi) is 5.30. The van der Waals surface area contributed by atoms with Crippen molar-refractivity contribution in [3.05, 3.63) is 63.5 Å². The van der Waals surface area contributed by atoms with Crippen molar-refractivity contribution < 1.29 is 13.3 Å². The van der Waals surface area contributed by atoms with Crippen molar-refractivity contribution in [3.8, 4) is 0 Å². The molecule has 2 rings (SSSR count). The molecule has 0 N–H and O–H groups in total. The maximum absolute atomic E-state index is 13.1. The Hall–Kier alpha value is -2.32. The highest BCUT2D eigenvalue weighted by Crippen LogP contribution is 2.32. The van der Waals surface area contributed by atoms with Crippen LogP contribution in [0.25, 0.3) is 0 Å². The van der Waals surface area contributed by atoms with Gasteiger partial charge in [0.05, 0.1) is 17.2 Å². The summed E-state index contributed by atoms with van der Waals surface area (Å²) in [6.07, 6.45) is 1.58. The molecule has 0 aliphatic carbocycles. The average Bonchev–Trinajstić information content (AvgIpc) is 2.55. The van der Waals surface area contributed by atoms with Crippen molar-refractivity contribution in [2.24, 2.45) is 0 Å². The Morgan fingerprint density at radius 3 is 2.46 bits per heavy atom. The highest BCUT2D eigenvalue weighted by molar-refractivity contribution is 7.89. The van der Waals surface area contributed by atoms with Crippen molar-refractivity contribution >= 4 is 15.7 Å². The van der Waals surface area contributed by atoms with Crippen molar-refractivity contribution in [2.75, 3.05) is 6.54 Å². The Labute approximate surface area is 141 Å². The summed E-state index contributed by atoms with van der Waals surface area (Å²) >= 11 is 0. The predicted octanol–water partition coefficient (Wildman–Crippen LogP) is 2.82. The molecule has 0 unspecified atom stereocenters. The zero-order valence-corrected chi connectivity index (χ0v) is 14.6. The number of benzene rings is 1. The van der Waals surface area contributed by atoms with E-state index in [0.29, 0.717) is 16.8 Å². The highest BCUT2D eigenvalue weighted by Gasteiger charge is 2.33. The minimum Gasteiger partial charge on any atom is -0.260 e. The van der Waals surface area contributed by atoms with Crippen molar-refractivity contribution in [2.45, 2.75) is 32.2 Å². The van der Waals surface area contributed by atoms with E-state index >= 15 is 0 Å². The van der Waals surface area contributed by atoms with Crippen LogP contribution in [0, 0.1) is 24.0 Å². The summed E-state index contributed by atoms with van der Waals surface area (Å²) in [6, 6.07) is 8.02. The van der Waals surface area contributed by atoms with Crippen molar-refractivity contribution in [1.82, 2.24) is 9.29 Å². The summed E-state index contributed by atoms with van der Waals surface area (Å²) < 4.78 is 27.3. The zero-order chi connectivity index (χ0) is 17.9. The molecule has 24 heavy (non-hydrogen) atoms. The molecule has 128 valence electrons. The van der Waals surface area contributed by atoms with Gasteiger partial charge in [-0.1, -0.05) is 19.1 Å². The van der Waals surface area contributed by atoms with Crippen LogP contribution < -0.4 is 0 Å². The van der Waals surface area contributed by atoms with Gasteiger partial charge < -0.3 is 0 Å². The van der Waals surface area contributed by atoms with E-state index in [4.69, 9.17) is 0 Å². The van der Waals surface area contributed by atoms with Crippen LogP contribution in [0.1, 0.15) is 23.7 Å². The molecular formula is C16H19N3O4S. The van der Waals surface area contributed by atoms with Gasteiger partial charge in [0, 0.05) is 18.8 Å². The molecule has 0 aliphatic heterocycles. The zero-order valence-electron chi connectivity index (χ0n) is 13.8. The van der Waals surface area contributed by atoms with E-state index < -0.39 is 20.6 Å². The van der Waals surface area contributed by atoms with E-state index in [0.717, 1.165) is 0 Å². The summed E-state index contributed by atoms with van der Waals surface area (Å²) in [5.41, 5.74) is 1.25. The molecule has 1 aromatic carbocycles. The number of aromatic nitrogens is 1. The third kappa shape index (κ3) is 3.44. The average molecular weight is 349 g/mol. The Morgan fingerprint density at radius 2 is 1.92 bits per heavy atom. The first-order chi connectivity index (χ1) is 11.3. The van der Waals surface area contributed by atoms with Crippen molar-refractivity contribution in [3.63, 3.8) is 0 Å². The van der Waals surface area contributed by atoms with E-state index in [9.17, 15) is 18.5 Å². The minimum absolute atomic E-state index is 0.0597. The summed E-state index contributed by atoms with van der Waals surface area (Å²) in [5, 5.41) is 11.3. The summed E-state index contributed by atoms with van der Waals surface area (Å²) in [7, 11) is -4.03. The van der Waals surface area contributed by atoms with Gasteiger partial charge in [-0.15, -0.1) is 0 Å². The number of nitro groups is 1. The maximum Gasteiger partial charge on any atom is 0.289 e. The van der Waals surface area contributed by atoms with E-state index in [1.807, 2.05) is 0 Å². The number of nitro benzene ring substituents is 1. The largest absolute Gasteiger partial charge is 0.289 e. The van der Waals surface area contributed by atoms with Gasteiger partial charge in [-0.05, 0) is 37.1 Å². The highest BCUT2D eigenvalue weighted by atomic mass is 32.2. The predicted molar refractivity (Wildman–Crippen MR) is 90.1 cm³/mol. The van der Waals surface area contributed by atoms with Gasteiger partial charge in [0.2, 0.25) is 0 Å². The number of rotatable bonds is 6. The smallest absolute Gasteiger partial charge is 0.260 e. The Bertz CT molecular complexity index is 851. The van der Waals surface area contributed by atoms with Crippen LogP contribution in [0.2, 0.25) is 0 Å². The van der Waals surface area contributed by atoms with E-state index in [-0.39, 0.29) is 18.0 Å². The molecule has 1 heterocycles. The van der Waals surface area contributed by atoms with Crippen LogP contribution in [0.15, 0.2) is 41.4 Å². The Morgan fingerprint density at radius 1 is 1.21 bits per heavy atom. The van der Waals surface area contributed by atoms with Crippen LogP contribution in [0.3, 0.4) is 0 Å². The standard InChI is InChI=1S/C16H19N3O4S/c1-4-18(11-14-7-5-6-10-17-14)24(22,23)16-13(3)12(2)8-9-15(16)19(20)21/h5-10H,4,11H2,1-3H3. The van der Waals surface area contributed by atoms with E-state index in [1.54, 1.807) is 51.2 Å². The fraction of sp³-hybridized carbons (Fsp3) is 0.312. The molecule has 0 fully saturated rings. The number of sulfonamides is 1. The number of hydrogen-bond donors (Lipinski definition) is 0. The lowest BCUT2D eigenvalue weighted by Gasteiger charge is -2.21. The second-order valence-electron chi connectivity index (χ2n) is 5.37. The fourth-order valence-corrected chi connectivity index (χ4v) is 4.27. The van der Waals surface area contributed by atoms with Gasteiger partial charge in [-0.3, -0.25) is 15.1 Å². The Balaban J connectivity index is 2.56. The minimum atomic E-state index is -4.03. The molecular weight excluding hydrogens is 330 g/mol. The molecule has 0 bridgehead atoms. The maximum atomic E-state index is 13.1. The molecule has 2 aromatic rings. The molecule has 0 spiro atoms. The molecule has 0 amide bonds. The molecule has 0 atom stereocenters. The molecule has 0 radical (unpaired) electrons. The summed E-state index contributed by atoms with van der Waals surface area (Å²) in [5.74, 6) is 0. The number of pyridine rings is 1. The lowest BCUT2D eigenvalue weighted by atomic mass is 10.1. The molecule has 0 aliphatic rings. The number of hydrogen-bond acceptors (Lipinski definition) is 5.